The maximum atomic E-state index is 6.22. The molecule has 0 saturated heterocycles. The van der Waals surface area contributed by atoms with Crippen molar-refractivity contribution in [3.05, 3.63) is 23.5 Å². The average Bonchev–Trinajstić information content (AvgIpc) is 2.57. The molecule has 0 aliphatic heterocycles. The zero-order valence-corrected chi connectivity index (χ0v) is 8.55. The van der Waals surface area contributed by atoms with Crippen LogP contribution in [0.3, 0.4) is 0 Å². The predicted octanol–water partition coefficient (Wildman–Crippen LogP) is 2.03. The molecular weight excluding hydrogens is 194 g/mol. The molecule has 0 atom stereocenters. The van der Waals surface area contributed by atoms with Gasteiger partial charge >= 0.3 is 0 Å². The minimum atomic E-state index is -0.135. The fourth-order valence-electron chi connectivity index (χ4n) is 1.76. The molecule has 0 radical (unpaired) electrons. The molecule has 2 heterocycles. The monoisotopic (exact) mass is 205 g/mol. The molecule has 72 valence electrons. The summed E-state index contributed by atoms with van der Waals surface area (Å²) in [6.07, 6.45) is 6.97. The Balaban J connectivity index is 2.14. The van der Waals surface area contributed by atoms with Gasteiger partial charge in [-0.3, -0.25) is 4.98 Å². The van der Waals surface area contributed by atoms with Gasteiger partial charge in [-0.05, 0) is 25.3 Å². The Morgan fingerprint density at radius 1 is 1.43 bits per heavy atom. The summed E-state index contributed by atoms with van der Waals surface area (Å²) in [5, 5.41) is 1.08. The molecule has 4 heteroatoms. The molecule has 2 aromatic rings. The van der Waals surface area contributed by atoms with Crippen molar-refractivity contribution in [2.75, 3.05) is 0 Å². The summed E-state index contributed by atoms with van der Waals surface area (Å²) in [7, 11) is 0. The van der Waals surface area contributed by atoms with Crippen molar-refractivity contribution in [3.63, 3.8) is 0 Å². The Hall–Kier alpha value is -1.00. The molecule has 0 amide bonds. The van der Waals surface area contributed by atoms with Gasteiger partial charge in [-0.25, -0.2) is 4.98 Å². The van der Waals surface area contributed by atoms with Crippen LogP contribution in [0.1, 0.15) is 24.3 Å². The van der Waals surface area contributed by atoms with Crippen molar-refractivity contribution in [3.8, 4) is 0 Å². The van der Waals surface area contributed by atoms with E-state index in [4.69, 9.17) is 5.73 Å². The van der Waals surface area contributed by atoms with E-state index in [9.17, 15) is 0 Å². The third-order valence-corrected chi connectivity index (χ3v) is 4.12. The summed E-state index contributed by atoms with van der Waals surface area (Å²) >= 11 is 1.70. The van der Waals surface area contributed by atoms with E-state index in [2.05, 4.69) is 9.97 Å². The second-order valence-corrected chi connectivity index (χ2v) is 4.90. The zero-order chi connectivity index (χ0) is 9.60. The molecule has 1 aliphatic rings. The van der Waals surface area contributed by atoms with Crippen molar-refractivity contribution < 1.29 is 0 Å². The molecule has 1 aliphatic carbocycles. The van der Waals surface area contributed by atoms with Gasteiger partial charge in [0, 0.05) is 6.20 Å². The quantitative estimate of drug-likeness (QED) is 0.775. The topological polar surface area (TPSA) is 51.8 Å². The molecule has 0 unspecified atom stereocenters. The summed E-state index contributed by atoms with van der Waals surface area (Å²) in [5.74, 6) is 0. The molecule has 0 spiro atoms. The van der Waals surface area contributed by atoms with Crippen molar-refractivity contribution in [2.45, 2.75) is 24.8 Å². The molecule has 0 bridgehead atoms. The number of pyridine rings is 1. The van der Waals surface area contributed by atoms with Crippen molar-refractivity contribution in [1.82, 2.24) is 9.97 Å². The lowest BCUT2D eigenvalue weighted by Crippen LogP contribution is -2.43. The number of nitrogens with two attached hydrogens (primary N) is 1. The normalized spacial score (nSPS) is 19.5. The molecule has 3 rings (SSSR count). The lowest BCUT2D eigenvalue weighted by molar-refractivity contribution is 0.253. The Kier molecular flexibility index (Phi) is 1.63. The van der Waals surface area contributed by atoms with Crippen LogP contribution in [0.2, 0.25) is 0 Å². The van der Waals surface area contributed by atoms with Gasteiger partial charge in [-0.2, -0.15) is 0 Å². The average molecular weight is 205 g/mol. The number of nitrogens with zero attached hydrogens (tertiary/aromatic N) is 2. The van der Waals surface area contributed by atoms with E-state index < -0.39 is 0 Å². The fourth-order valence-corrected chi connectivity index (χ4v) is 2.86. The van der Waals surface area contributed by atoms with Gasteiger partial charge < -0.3 is 5.73 Å². The largest absolute Gasteiger partial charge is 0.319 e. The summed E-state index contributed by atoms with van der Waals surface area (Å²) in [6, 6.07) is 2.00. The number of rotatable bonds is 1. The maximum absolute atomic E-state index is 6.22. The van der Waals surface area contributed by atoms with E-state index in [1.807, 2.05) is 6.07 Å². The van der Waals surface area contributed by atoms with Gasteiger partial charge in [-0.15, -0.1) is 11.3 Å². The Morgan fingerprint density at radius 2 is 2.29 bits per heavy atom. The van der Waals surface area contributed by atoms with Crippen LogP contribution in [-0.2, 0) is 5.54 Å². The number of hydrogen-bond acceptors (Lipinski definition) is 4. The van der Waals surface area contributed by atoms with Gasteiger partial charge in [0.1, 0.15) is 5.01 Å². The number of hydrogen-bond donors (Lipinski definition) is 1. The Bertz CT molecular complexity index is 440. The van der Waals surface area contributed by atoms with E-state index in [1.54, 1.807) is 23.7 Å². The van der Waals surface area contributed by atoms with Crippen LogP contribution in [0.4, 0.5) is 0 Å². The van der Waals surface area contributed by atoms with E-state index in [-0.39, 0.29) is 5.54 Å². The van der Waals surface area contributed by atoms with Crippen LogP contribution in [0, 0.1) is 0 Å². The molecule has 2 N–H and O–H groups in total. The maximum Gasteiger partial charge on any atom is 0.114 e. The van der Waals surface area contributed by atoms with Gasteiger partial charge in [0.05, 0.1) is 22.0 Å². The first-order valence-corrected chi connectivity index (χ1v) is 5.59. The van der Waals surface area contributed by atoms with Crippen molar-refractivity contribution in [2.24, 2.45) is 5.73 Å². The van der Waals surface area contributed by atoms with Gasteiger partial charge in [0.2, 0.25) is 0 Å². The highest BCUT2D eigenvalue weighted by atomic mass is 32.1. The third-order valence-electron chi connectivity index (χ3n) is 2.86. The predicted molar refractivity (Wildman–Crippen MR) is 57.1 cm³/mol. The molecule has 3 nitrogen and oxygen atoms in total. The Labute approximate surface area is 86.0 Å². The summed E-state index contributed by atoms with van der Waals surface area (Å²) < 4.78 is 1.19. The van der Waals surface area contributed by atoms with E-state index in [1.165, 1.54) is 11.1 Å². The van der Waals surface area contributed by atoms with Crippen molar-refractivity contribution >= 4 is 21.6 Å². The highest BCUT2D eigenvalue weighted by Crippen LogP contribution is 2.41. The lowest BCUT2D eigenvalue weighted by Gasteiger charge is -2.35. The standard InChI is InChI=1S/C10H11N3S/c11-10(3-1-4-10)9-13-7-6-12-5-2-8(7)14-9/h2,5-6H,1,3-4,11H2. The lowest BCUT2D eigenvalue weighted by atomic mass is 9.78. The van der Waals surface area contributed by atoms with Crippen LogP contribution >= 0.6 is 11.3 Å². The zero-order valence-electron chi connectivity index (χ0n) is 7.73. The van der Waals surface area contributed by atoms with Crippen LogP contribution in [0.5, 0.6) is 0 Å². The number of fused-ring (bicyclic) bond motifs is 1. The van der Waals surface area contributed by atoms with E-state index in [0.717, 1.165) is 23.4 Å². The second kappa shape index (κ2) is 2.74. The fraction of sp³-hybridized carbons (Fsp3) is 0.400. The first-order chi connectivity index (χ1) is 6.78. The van der Waals surface area contributed by atoms with E-state index >= 15 is 0 Å². The molecule has 1 saturated carbocycles. The summed E-state index contributed by atoms with van der Waals surface area (Å²) in [5.41, 5.74) is 7.06. The number of aromatic nitrogens is 2. The SMILES string of the molecule is NC1(c2nc3cnccc3s2)CCC1. The van der Waals surface area contributed by atoms with Crippen LogP contribution in [-0.4, -0.2) is 9.97 Å². The van der Waals surface area contributed by atoms with Gasteiger partial charge in [-0.1, -0.05) is 0 Å². The first-order valence-electron chi connectivity index (χ1n) is 4.78. The molecule has 0 aromatic carbocycles. The highest BCUT2D eigenvalue weighted by molar-refractivity contribution is 7.18. The van der Waals surface area contributed by atoms with E-state index in [0.29, 0.717) is 0 Å². The summed E-state index contributed by atoms with van der Waals surface area (Å²) in [4.78, 5) is 8.59. The molecular formula is C10H11N3S. The molecule has 2 aromatic heterocycles. The second-order valence-electron chi connectivity index (χ2n) is 3.87. The first kappa shape index (κ1) is 8.32. The summed E-state index contributed by atoms with van der Waals surface area (Å²) in [6.45, 7) is 0. The highest BCUT2D eigenvalue weighted by Gasteiger charge is 2.37. The Morgan fingerprint density at radius 3 is 2.93 bits per heavy atom. The van der Waals surface area contributed by atoms with Crippen LogP contribution in [0.15, 0.2) is 18.5 Å². The smallest absolute Gasteiger partial charge is 0.114 e. The molecule has 1 fully saturated rings. The minimum absolute atomic E-state index is 0.135. The minimum Gasteiger partial charge on any atom is -0.319 e. The van der Waals surface area contributed by atoms with Crippen molar-refractivity contribution in [1.29, 1.82) is 0 Å². The third kappa shape index (κ3) is 1.07. The number of thiazole rings is 1. The van der Waals surface area contributed by atoms with Crippen LogP contribution in [0.25, 0.3) is 10.2 Å². The van der Waals surface area contributed by atoms with Gasteiger partial charge in [0.15, 0.2) is 0 Å². The van der Waals surface area contributed by atoms with Crippen LogP contribution < -0.4 is 5.73 Å². The molecule has 14 heavy (non-hydrogen) atoms. The van der Waals surface area contributed by atoms with Gasteiger partial charge in [0.25, 0.3) is 0 Å².